The Kier molecular flexibility index (Phi) is 5.18. The Morgan fingerprint density at radius 2 is 2.15 bits per heavy atom. The number of halogens is 2. The van der Waals surface area contributed by atoms with Crippen LogP contribution in [0.4, 0.5) is 0 Å². The zero-order valence-electron chi connectivity index (χ0n) is 11.4. The summed E-state index contributed by atoms with van der Waals surface area (Å²) < 4.78 is 2.72. The van der Waals surface area contributed by atoms with Gasteiger partial charge in [-0.3, -0.25) is 0 Å². The largest absolute Gasteiger partial charge is 0.388 e. The van der Waals surface area contributed by atoms with Crippen LogP contribution in [-0.4, -0.2) is 19.9 Å². The second-order valence-corrected chi connectivity index (χ2v) is 6.46. The summed E-state index contributed by atoms with van der Waals surface area (Å²) in [6.45, 7) is 5.02. The number of rotatable bonds is 5. The fourth-order valence-electron chi connectivity index (χ4n) is 2.00. The molecule has 0 radical (unpaired) electrons. The Hall–Kier alpha value is -0.910. The Balaban J connectivity index is 2.17. The van der Waals surface area contributed by atoms with Gasteiger partial charge in [0, 0.05) is 28.0 Å². The minimum atomic E-state index is -0.699. The fraction of sp³-hybridized carbons (Fsp3) is 0.429. The third-order valence-electron chi connectivity index (χ3n) is 2.93. The van der Waals surface area contributed by atoms with E-state index in [1.165, 1.54) is 6.33 Å². The van der Waals surface area contributed by atoms with E-state index >= 15 is 0 Å². The molecule has 0 fully saturated rings. The van der Waals surface area contributed by atoms with Crippen molar-refractivity contribution in [2.24, 2.45) is 5.92 Å². The Morgan fingerprint density at radius 3 is 2.85 bits per heavy atom. The first-order valence-electron chi connectivity index (χ1n) is 6.47. The van der Waals surface area contributed by atoms with Crippen molar-refractivity contribution in [1.29, 1.82) is 0 Å². The van der Waals surface area contributed by atoms with Gasteiger partial charge in [0.25, 0.3) is 0 Å². The van der Waals surface area contributed by atoms with Crippen molar-refractivity contribution in [3.63, 3.8) is 0 Å². The van der Waals surface area contributed by atoms with Crippen LogP contribution in [0.2, 0.25) is 5.02 Å². The zero-order valence-corrected chi connectivity index (χ0v) is 13.8. The van der Waals surface area contributed by atoms with E-state index < -0.39 is 6.10 Å². The normalized spacial score (nSPS) is 12.9. The summed E-state index contributed by atoms with van der Waals surface area (Å²) in [5.74, 6) is 1.24. The highest BCUT2D eigenvalue weighted by Crippen LogP contribution is 2.28. The quantitative estimate of drug-likeness (QED) is 0.888. The van der Waals surface area contributed by atoms with Gasteiger partial charge in [-0.1, -0.05) is 41.4 Å². The molecule has 1 atom stereocenters. The maximum Gasteiger partial charge on any atom is 0.138 e. The maximum atomic E-state index is 10.4. The fourth-order valence-corrected chi connectivity index (χ4v) is 2.62. The lowest BCUT2D eigenvalue weighted by atomic mass is 10.1. The van der Waals surface area contributed by atoms with Gasteiger partial charge in [-0.05, 0) is 24.1 Å². The van der Waals surface area contributed by atoms with Gasteiger partial charge in [-0.25, -0.2) is 9.67 Å². The van der Waals surface area contributed by atoms with E-state index in [1.807, 2.05) is 16.8 Å². The molecule has 0 aliphatic carbocycles. The van der Waals surface area contributed by atoms with Crippen molar-refractivity contribution < 1.29 is 5.11 Å². The molecule has 0 saturated carbocycles. The smallest absolute Gasteiger partial charge is 0.138 e. The highest BCUT2D eigenvalue weighted by molar-refractivity contribution is 9.10. The first-order chi connectivity index (χ1) is 9.47. The van der Waals surface area contributed by atoms with Crippen LogP contribution in [0.3, 0.4) is 0 Å². The van der Waals surface area contributed by atoms with Crippen molar-refractivity contribution in [3.05, 3.63) is 45.4 Å². The van der Waals surface area contributed by atoms with Crippen molar-refractivity contribution in [2.45, 2.75) is 32.9 Å². The summed E-state index contributed by atoms with van der Waals surface area (Å²) in [6.07, 6.45) is 1.21. The van der Waals surface area contributed by atoms with Gasteiger partial charge in [0.1, 0.15) is 12.2 Å². The molecule has 0 bridgehead atoms. The number of aliphatic hydroxyl groups excluding tert-OH is 1. The Labute approximate surface area is 131 Å². The van der Waals surface area contributed by atoms with Crippen LogP contribution in [0, 0.1) is 5.92 Å². The molecular formula is C14H17BrClN3O. The van der Waals surface area contributed by atoms with Gasteiger partial charge >= 0.3 is 0 Å². The molecule has 1 aromatic carbocycles. The first kappa shape index (κ1) is 15.5. The molecule has 0 aliphatic rings. The summed E-state index contributed by atoms with van der Waals surface area (Å²) in [6, 6.07) is 5.44. The maximum absolute atomic E-state index is 10.4. The van der Waals surface area contributed by atoms with Crippen LogP contribution in [0.25, 0.3) is 0 Å². The Morgan fingerprint density at radius 1 is 1.40 bits per heavy atom. The Bertz CT molecular complexity index is 586. The molecule has 0 aliphatic heterocycles. The zero-order chi connectivity index (χ0) is 14.7. The molecule has 0 amide bonds. The van der Waals surface area contributed by atoms with Crippen molar-refractivity contribution >= 4 is 27.5 Å². The van der Waals surface area contributed by atoms with Crippen LogP contribution in [0.5, 0.6) is 0 Å². The average Bonchev–Trinajstić information content (AvgIpc) is 2.78. The molecule has 2 aromatic rings. The van der Waals surface area contributed by atoms with Gasteiger partial charge in [-0.15, -0.1) is 0 Å². The molecule has 0 saturated heterocycles. The number of benzene rings is 1. The van der Waals surface area contributed by atoms with Gasteiger partial charge in [0.15, 0.2) is 0 Å². The summed E-state index contributed by atoms with van der Waals surface area (Å²) in [4.78, 5) is 4.22. The first-order valence-corrected chi connectivity index (χ1v) is 7.64. The third kappa shape index (κ3) is 3.81. The van der Waals surface area contributed by atoms with Gasteiger partial charge in [-0.2, -0.15) is 5.10 Å². The van der Waals surface area contributed by atoms with Gasteiger partial charge in [0.05, 0.1) is 6.10 Å². The summed E-state index contributed by atoms with van der Waals surface area (Å²) in [5, 5.41) is 15.1. The predicted molar refractivity (Wildman–Crippen MR) is 82.7 cm³/mol. The van der Waals surface area contributed by atoms with Crippen LogP contribution in [0.15, 0.2) is 29.0 Å². The topological polar surface area (TPSA) is 50.9 Å². The number of hydrogen-bond donors (Lipinski definition) is 1. The van der Waals surface area contributed by atoms with Crippen LogP contribution < -0.4 is 0 Å². The third-order valence-corrected chi connectivity index (χ3v) is 3.76. The molecular weight excluding hydrogens is 342 g/mol. The summed E-state index contributed by atoms with van der Waals surface area (Å²) in [5.41, 5.74) is 0.695. The van der Waals surface area contributed by atoms with Crippen LogP contribution in [0.1, 0.15) is 31.3 Å². The van der Waals surface area contributed by atoms with Crippen LogP contribution >= 0.6 is 27.5 Å². The summed E-state index contributed by atoms with van der Waals surface area (Å²) in [7, 11) is 0. The van der Waals surface area contributed by atoms with Crippen molar-refractivity contribution in [1.82, 2.24) is 14.8 Å². The van der Waals surface area contributed by atoms with Gasteiger partial charge < -0.3 is 5.11 Å². The number of hydrogen-bond acceptors (Lipinski definition) is 3. The summed E-state index contributed by atoms with van der Waals surface area (Å²) >= 11 is 9.52. The predicted octanol–water partition coefficient (Wildman–Crippen LogP) is 3.63. The molecule has 4 nitrogen and oxygen atoms in total. The van der Waals surface area contributed by atoms with E-state index in [2.05, 4.69) is 39.9 Å². The second-order valence-electron chi connectivity index (χ2n) is 5.14. The monoisotopic (exact) mass is 357 g/mol. The lowest BCUT2D eigenvalue weighted by molar-refractivity contribution is 0.173. The number of aromatic nitrogens is 3. The molecule has 6 heteroatoms. The van der Waals surface area contributed by atoms with E-state index in [0.29, 0.717) is 22.9 Å². The van der Waals surface area contributed by atoms with E-state index in [1.54, 1.807) is 6.07 Å². The number of nitrogens with zero attached hydrogens (tertiary/aromatic N) is 3. The highest BCUT2D eigenvalue weighted by Gasteiger charge is 2.16. The number of aliphatic hydroxyl groups is 1. The molecule has 1 unspecified atom stereocenters. The highest BCUT2D eigenvalue weighted by atomic mass is 79.9. The molecule has 0 spiro atoms. The minimum Gasteiger partial charge on any atom is -0.388 e. The van der Waals surface area contributed by atoms with E-state index in [9.17, 15) is 5.11 Å². The second kappa shape index (κ2) is 6.70. The van der Waals surface area contributed by atoms with Crippen molar-refractivity contribution in [3.8, 4) is 0 Å². The standard InChI is InChI=1S/C14H17BrClN3O/c1-9(2)7-19-14(17-8-18-19)6-13(20)11-5-10(15)3-4-12(11)16/h3-5,8-9,13,20H,6-7H2,1-2H3. The lowest BCUT2D eigenvalue weighted by Crippen LogP contribution is -2.13. The van der Waals surface area contributed by atoms with Crippen LogP contribution in [-0.2, 0) is 13.0 Å². The molecule has 1 aromatic heterocycles. The molecule has 1 N–H and O–H groups in total. The average molecular weight is 359 g/mol. The molecule has 2 rings (SSSR count). The van der Waals surface area contributed by atoms with E-state index in [0.717, 1.165) is 16.8 Å². The molecule has 108 valence electrons. The van der Waals surface area contributed by atoms with E-state index in [4.69, 9.17) is 11.6 Å². The SMILES string of the molecule is CC(C)Cn1ncnc1CC(O)c1cc(Br)ccc1Cl. The van der Waals surface area contributed by atoms with E-state index in [-0.39, 0.29) is 0 Å². The van der Waals surface area contributed by atoms with Gasteiger partial charge in [0.2, 0.25) is 0 Å². The lowest BCUT2D eigenvalue weighted by Gasteiger charge is -2.14. The van der Waals surface area contributed by atoms with Crippen molar-refractivity contribution in [2.75, 3.05) is 0 Å². The minimum absolute atomic E-state index is 0.392. The molecule has 1 heterocycles. The molecule has 20 heavy (non-hydrogen) atoms.